The van der Waals surface area contributed by atoms with Gasteiger partial charge in [-0.3, -0.25) is 19.8 Å². The van der Waals surface area contributed by atoms with Gasteiger partial charge in [-0.15, -0.1) is 0 Å². The van der Waals surface area contributed by atoms with Crippen molar-refractivity contribution in [2.24, 2.45) is 0 Å². The van der Waals surface area contributed by atoms with Crippen LogP contribution in [0.15, 0.2) is 36.4 Å². The first-order valence-electron chi connectivity index (χ1n) is 9.55. The van der Waals surface area contributed by atoms with Crippen LogP contribution in [0.25, 0.3) is 0 Å². The van der Waals surface area contributed by atoms with Crippen LogP contribution < -0.4 is 19.5 Å². The smallest absolute Gasteiger partial charge is 0.273 e. The number of carbonyl (C=O) groups is 1. The number of anilines is 1. The number of nitrogens with one attached hydrogen (secondary N) is 1. The maximum Gasteiger partial charge on any atom is 0.273 e. The van der Waals surface area contributed by atoms with Gasteiger partial charge in [0, 0.05) is 17.7 Å². The van der Waals surface area contributed by atoms with Crippen LogP contribution in [0.1, 0.15) is 24.4 Å². The van der Waals surface area contributed by atoms with Crippen LogP contribution in [0.3, 0.4) is 0 Å². The Bertz CT molecular complexity index is 933. The first-order chi connectivity index (χ1) is 14.5. The third kappa shape index (κ3) is 4.62. The lowest BCUT2D eigenvalue weighted by Crippen LogP contribution is -2.33. The number of amides is 1. The maximum atomic E-state index is 12.7. The first kappa shape index (κ1) is 21.4. The number of ether oxygens (including phenoxy) is 3. The molecule has 1 fully saturated rings. The highest BCUT2D eigenvalue weighted by atomic mass is 16.6. The van der Waals surface area contributed by atoms with Crippen molar-refractivity contribution in [2.75, 3.05) is 39.7 Å². The van der Waals surface area contributed by atoms with E-state index < -0.39 is 4.92 Å². The lowest BCUT2D eigenvalue weighted by atomic mass is 10.0. The Morgan fingerprint density at radius 2 is 1.90 bits per heavy atom. The summed E-state index contributed by atoms with van der Waals surface area (Å²) in [7, 11) is 4.64. The topological polar surface area (TPSA) is 103 Å². The number of benzene rings is 2. The van der Waals surface area contributed by atoms with E-state index in [1.54, 1.807) is 14.2 Å². The summed E-state index contributed by atoms with van der Waals surface area (Å²) in [5.41, 5.74) is 1.27. The number of methoxy groups -OCH3 is 3. The summed E-state index contributed by atoms with van der Waals surface area (Å²) < 4.78 is 16.0. The minimum absolute atomic E-state index is 0.0274. The number of non-ortho nitro benzene ring substituents is 1. The monoisotopic (exact) mass is 415 g/mol. The summed E-state index contributed by atoms with van der Waals surface area (Å²) in [6.07, 6.45) is 1.86. The molecule has 1 N–H and O–H groups in total. The van der Waals surface area contributed by atoms with E-state index in [9.17, 15) is 14.9 Å². The quantitative estimate of drug-likeness (QED) is 0.521. The van der Waals surface area contributed by atoms with Crippen LogP contribution in [-0.2, 0) is 4.79 Å². The second kappa shape index (κ2) is 9.45. The van der Waals surface area contributed by atoms with Crippen LogP contribution in [0.5, 0.6) is 17.2 Å². The zero-order chi connectivity index (χ0) is 21.7. The lowest BCUT2D eigenvalue weighted by Gasteiger charge is -2.26. The second-order valence-electron chi connectivity index (χ2n) is 6.93. The van der Waals surface area contributed by atoms with E-state index in [4.69, 9.17) is 14.2 Å². The zero-order valence-corrected chi connectivity index (χ0v) is 17.2. The molecule has 0 bridgehead atoms. The highest BCUT2D eigenvalue weighted by Gasteiger charge is 2.30. The van der Waals surface area contributed by atoms with E-state index in [-0.39, 0.29) is 29.9 Å². The number of carbonyl (C=O) groups excluding carboxylic acids is 1. The van der Waals surface area contributed by atoms with Crippen molar-refractivity contribution in [3.8, 4) is 17.2 Å². The van der Waals surface area contributed by atoms with Crippen molar-refractivity contribution in [3.05, 3.63) is 52.1 Å². The molecule has 0 saturated carbocycles. The molecule has 160 valence electrons. The molecule has 9 heteroatoms. The minimum atomic E-state index is -0.509. The van der Waals surface area contributed by atoms with Gasteiger partial charge in [0.05, 0.1) is 44.6 Å². The van der Waals surface area contributed by atoms with E-state index in [2.05, 4.69) is 10.2 Å². The highest BCUT2D eigenvalue weighted by Crippen LogP contribution is 2.39. The fraction of sp³-hybridized carbons (Fsp3) is 0.381. The normalized spacial score (nSPS) is 16.2. The van der Waals surface area contributed by atoms with Gasteiger partial charge in [-0.25, -0.2) is 0 Å². The molecule has 0 aliphatic carbocycles. The Labute approximate surface area is 174 Å². The molecular formula is C21H25N3O6. The van der Waals surface area contributed by atoms with Crippen LogP contribution in [-0.4, -0.2) is 50.1 Å². The average molecular weight is 415 g/mol. The van der Waals surface area contributed by atoms with Gasteiger partial charge in [-0.2, -0.15) is 0 Å². The van der Waals surface area contributed by atoms with Gasteiger partial charge >= 0.3 is 0 Å². The lowest BCUT2D eigenvalue weighted by molar-refractivity contribution is -0.384. The Hall–Kier alpha value is -3.33. The molecule has 30 heavy (non-hydrogen) atoms. The van der Waals surface area contributed by atoms with Crippen molar-refractivity contribution in [1.29, 1.82) is 0 Å². The van der Waals surface area contributed by atoms with Crippen molar-refractivity contribution in [2.45, 2.75) is 18.9 Å². The number of hydrogen-bond acceptors (Lipinski definition) is 7. The summed E-state index contributed by atoms with van der Waals surface area (Å²) in [5.74, 6) is 1.50. The highest BCUT2D eigenvalue weighted by molar-refractivity contribution is 5.94. The molecular weight excluding hydrogens is 390 g/mol. The van der Waals surface area contributed by atoms with Gasteiger partial charge in [-0.05, 0) is 43.7 Å². The third-order valence-electron chi connectivity index (χ3n) is 5.18. The Morgan fingerprint density at radius 1 is 1.13 bits per heavy atom. The van der Waals surface area contributed by atoms with Crippen molar-refractivity contribution in [1.82, 2.24) is 4.90 Å². The predicted octanol–water partition coefficient (Wildman–Crippen LogP) is 3.40. The number of rotatable bonds is 8. The maximum absolute atomic E-state index is 12.7. The molecule has 1 amide bonds. The van der Waals surface area contributed by atoms with Gasteiger partial charge in [0.15, 0.2) is 0 Å². The van der Waals surface area contributed by atoms with Gasteiger partial charge < -0.3 is 19.5 Å². The fourth-order valence-electron chi connectivity index (χ4n) is 3.74. The second-order valence-corrected chi connectivity index (χ2v) is 6.93. The molecule has 2 aromatic rings. The minimum Gasteiger partial charge on any atom is -0.497 e. The third-order valence-corrected chi connectivity index (χ3v) is 5.18. The Kier molecular flexibility index (Phi) is 6.73. The summed E-state index contributed by atoms with van der Waals surface area (Å²) in [6, 6.07) is 9.77. The Balaban J connectivity index is 1.75. The standard InChI is InChI=1S/C21H25N3O6/c1-28-15-7-9-19(29-2)16(12-15)18-5-4-10-23(18)13-21(25)22-17-8-6-14(24(26)27)11-20(17)30-3/h6-9,11-12,18H,4-5,10,13H2,1-3H3,(H,22,25)/t18-/m0/s1. The molecule has 0 radical (unpaired) electrons. The average Bonchev–Trinajstić information content (AvgIpc) is 3.20. The van der Waals surface area contributed by atoms with Gasteiger partial charge in [0.2, 0.25) is 5.91 Å². The Morgan fingerprint density at radius 3 is 2.57 bits per heavy atom. The zero-order valence-electron chi connectivity index (χ0n) is 17.2. The van der Waals surface area contributed by atoms with Crippen LogP contribution in [0.4, 0.5) is 11.4 Å². The van der Waals surface area contributed by atoms with E-state index in [1.807, 2.05) is 18.2 Å². The molecule has 1 heterocycles. The number of hydrogen-bond donors (Lipinski definition) is 1. The van der Waals surface area contributed by atoms with Crippen LogP contribution in [0.2, 0.25) is 0 Å². The van der Waals surface area contributed by atoms with Crippen molar-refractivity contribution >= 4 is 17.3 Å². The van der Waals surface area contributed by atoms with Crippen LogP contribution >= 0.6 is 0 Å². The number of likely N-dealkylation sites (tertiary alicyclic amines) is 1. The van der Waals surface area contributed by atoms with Crippen LogP contribution in [0, 0.1) is 10.1 Å². The molecule has 3 rings (SSSR count). The predicted molar refractivity (Wildman–Crippen MR) is 111 cm³/mol. The molecule has 0 unspecified atom stereocenters. The largest absolute Gasteiger partial charge is 0.497 e. The van der Waals surface area contributed by atoms with Gasteiger partial charge in [0.1, 0.15) is 17.2 Å². The fourth-order valence-corrected chi connectivity index (χ4v) is 3.74. The molecule has 1 atom stereocenters. The molecule has 9 nitrogen and oxygen atoms in total. The van der Waals surface area contributed by atoms with E-state index in [0.717, 1.165) is 36.4 Å². The molecule has 0 aromatic heterocycles. The van der Waals surface area contributed by atoms with Gasteiger partial charge in [-0.1, -0.05) is 0 Å². The summed E-state index contributed by atoms with van der Waals surface area (Å²) in [6.45, 7) is 0.945. The molecule has 1 saturated heterocycles. The van der Waals surface area contributed by atoms with Crippen molar-refractivity contribution < 1.29 is 23.9 Å². The summed E-state index contributed by atoms with van der Waals surface area (Å²) in [4.78, 5) is 25.2. The summed E-state index contributed by atoms with van der Waals surface area (Å²) in [5, 5.41) is 13.7. The van der Waals surface area contributed by atoms with E-state index in [1.165, 1.54) is 25.3 Å². The molecule has 0 spiro atoms. The SMILES string of the molecule is COc1ccc(OC)c([C@@H]2CCCN2CC(=O)Nc2ccc([N+](=O)[O-])cc2OC)c1. The molecule has 1 aliphatic heterocycles. The molecule has 2 aromatic carbocycles. The number of nitro benzene ring substituents is 1. The van der Waals surface area contributed by atoms with Gasteiger partial charge in [0.25, 0.3) is 5.69 Å². The van der Waals surface area contributed by atoms with E-state index >= 15 is 0 Å². The summed E-state index contributed by atoms with van der Waals surface area (Å²) >= 11 is 0. The van der Waals surface area contributed by atoms with E-state index in [0.29, 0.717) is 5.69 Å². The number of nitrogens with zero attached hydrogens (tertiary/aromatic N) is 2. The first-order valence-corrected chi connectivity index (χ1v) is 9.55. The number of nitro groups is 1. The van der Waals surface area contributed by atoms with Crippen molar-refractivity contribution in [3.63, 3.8) is 0 Å². The molecule has 1 aliphatic rings.